The summed E-state index contributed by atoms with van der Waals surface area (Å²) in [5.74, 6) is -2.99. The SMILES string of the molecule is Fc1c[c-]c(-c2ccccn2)c(F)c1.Fc1c[c-]c(-c2ccccn2)c(F)c1.O=C(O)c1ccc(OCCCCCCCCCO)cn1.[Ir]. The second kappa shape index (κ2) is 23.0. The van der Waals surface area contributed by atoms with Gasteiger partial charge < -0.3 is 24.9 Å². The quantitative estimate of drug-likeness (QED) is 0.0696. The Hall–Kier alpha value is -4.51. The van der Waals surface area contributed by atoms with Gasteiger partial charge in [0.05, 0.1) is 12.8 Å². The maximum Gasteiger partial charge on any atom is 0.354 e. The van der Waals surface area contributed by atoms with Gasteiger partial charge in [-0.25, -0.2) is 9.78 Å². The van der Waals surface area contributed by atoms with Crippen molar-refractivity contribution in [2.75, 3.05) is 13.2 Å². The van der Waals surface area contributed by atoms with Gasteiger partial charge in [-0.3, -0.25) is 17.6 Å². The third kappa shape index (κ3) is 15.1. The minimum Gasteiger partial charge on any atom is -0.492 e. The number of carbonyl (C=O) groups is 1. The van der Waals surface area contributed by atoms with E-state index in [9.17, 15) is 22.4 Å². The molecule has 0 spiro atoms. The Bertz CT molecular complexity index is 1580. The van der Waals surface area contributed by atoms with Crippen LogP contribution in [0.15, 0.2) is 91.4 Å². The first-order valence-electron chi connectivity index (χ1n) is 15.3. The zero-order valence-electron chi connectivity index (χ0n) is 26.4. The molecule has 3 aromatic heterocycles. The summed E-state index contributed by atoms with van der Waals surface area (Å²) < 4.78 is 57.1. The Morgan fingerprint density at radius 2 is 1.20 bits per heavy atom. The molecule has 5 aromatic rings. The van der Waals surface area contributed by atoms with E-state index < -0.39 is 29.2 Å². The summed E-state index contributed by atoms with van der Waals surface area (Å²) in [5, 5.41) is 17.3. The van der Waals surface area contributed by atoms with Crippen molar-refractivity contribution < 1.29 is 57.4 Å². The summed E-state index contributed by atoms with van der Waals surface area (Å²) in [5.41, 5.74) is 1.30. The molecule has 0 fully saturated rings. The van der Waals surface area contributed by atoms with Crippen LogP contribution in [0.25, 0.3) is 22.5 Å². The van der Waals surface area contributed by atoms with E-state index in [0.717, 1.165) is 49.9 Å². The third-order valence-corrected chi connectivity index (χ3v) is 6.58. The molecule has 2 aromatic carbocycles. The number of rotatable bonds is 13. The molecule has 12 heteroatoms. The fraction of sp³-hybridized carbons (Fsp3) is 0.243. The van der Waals surface area contributed by atoms with E-state index in [2.05, 4.69) is 27.1 Å². The Morgan fingerprint density at radius 1 is 0.694 bits per heavy atom. The van der Waals surface area contributed by atoms with E-state index >= 15 is 0 Å². The standard InChI is InChI=1S/C15H23NO4.2C11H6F2N.Ir/c17-10-6-4-2-1-3-5-7-11-20-13-8-9-14(15(18)19)16-12-13;2*12-8-4-5-9(10(13)7-8)11-3-1-2-6-14-11;/h8-9,12,17H,1-7,10-11H2,(H,18,19);2*1-4,6-7H;/q;2*-1;. The molecule has 0 unspecified atom stereocenters. The maximum absolute atomic E-state index is 13.2. The Kier molecular flexibility index (Phi) is 19.0. The number of aliphatic hydroxyl groups is 1. The molecular formula is C37H35F4IrN3O4-2. The predicted octanol–water partition coefficient (Wildman–Crippen LogP) is 8.53. The van der Waals surface area contributed by atoms with Gasteiger partial charge in [0.2, 0.25) is 0 Å². The van der Waals surface area contributed by atoms with Crippen LogP contribution in [0.1, 0.15) is 55.4 Å². The Balaban J connectivity index is 0.000000258. The van der Waals surface area contributed by atoms with E-state index in [1.54, 1.807) is 54.9 Å². The molecule has 3 heterocycles. The number of aromatic carboxylic acids is 1. The van der Waals surface area contributed by atoms with Gasteiger partial charge in [-0.1, -0.05) is 79.6 Å². The van der Waals surface area contributed by atoms with Crippen LogP contribution in [0.4, 0.5) is 17.6 Å². The molecule has 49 heavy (non-hydrogen) atoms. The molecule has 0 saturated heterocycles. The number of benzene rings is 2. The summed E-state index contributed by atoms with van der Waals surface area (Å²) in [6, 6.07) is 22.1. The molecule has 0 atom stereocenters. The number of carboxylic acids is 1. The van der Waals surface area contributed by atoms with Crippen LogP contribution in [0.2, 0.25) is 0 Å². The molecule has 0 aliphatic carbocycles. The average molecular weight is 854 g/mol. The van der Waals surface area contributed by atoms with Crippen LogP contribution in [0, 0.1) is 35.4 Å². The topological polar surface area (TPSA) is 105 Å². The molecule has 0 amide bonds. The van der Waals surface area contributed by atoms with Crippen LogP contribution >= 0.6 is 0 Å². The van der Waals surface area contributed by atoms with E-state index in [1.165, 1.54) is 31.5 Å². The van der Waals surface area contributed by atoms with E-state index in [0.29, 0.717) is 30.4 Å². The molecule has 0 bridgehead atoms. The molecular weight excluding hydrogens is 819 g/mol. The number of hydrogen-bond acceptors (Lipinski definition) is 6. The molecule has 7 nitrogen and oxygen atoms in total. The largest absolute Gasteiger partial charge is 0.492 e. The zero-order valence-corrected chi connectivity index (χ0v) is 28.8. The van der Waals surface area contributed by atoms with Crippen molar-refractivity contribution in [2.45, 2.75) is 44.9 Å². The zero-order chi connectivity index (χ0) is 34.6. The third-order valence-electron chi connectivity index (χ3n) is 6.58. The van der Waals surface area contributed by atoms with Crippen LogP contribution in [-0.2, 0) is 20.1 Å². The van der Waals surface area contributed by atoms with Gasteiger partial charge in [-0.15, -0.1) is 24.3 Å². The number of aliphatic hydroxyl groups excluding tert-OH is 1. The number of unbranched alkanes of at least 4 members (excludes halogenated alkanes) is 6. The van der Waals surface area contributed by atoms with Gasteiger partial charge in [-0.2, -0.15) is 0 Å². The van der Waals surface area contributed by atoms with Crippen LogP contribution in [0.5, 0.6) is 5.75 Å². The second-order valence-electron chi connectivity index (χ2n) is 10.2. The number of pyridine rings is 3. The molecule has 261 valence electrons. The van der Waals surface area contributed by atoms with Gasteiger partial charge >= 0.3 is 5.97 Å². The summed E-state index contributed by atoms with van der Waals surface area (Å²) in [6.45, 7) is 0.924. The Morgan fingerprint density at radius 3 is 1.61 bits per heavy atom. The summed E-state index contributed by atoms with van der Waals surface area (Å²) in [6.07, 6.45) is 12.2. The van der Waals surface area contributed by atoms with Crippen molar-refractivity contribution in [3.8, 4) is 28.3 Å². The minimum atomic E-state index is -1.03. The normalized spacial score (nSPS) is 10.1. The fourth-order valence-electron chi connectivity index (χ4n) is 4.18. The minimum absolute atomic E-state index is 0. The number of nitrogens with zero attached hydrogens (tertiary/aromatic N) is 3. The van der Waals surface area contributed by atoms with E-state index in [4.69, 9.17) is 14.9 Å². The van der Waals surface area contributed by atoms with Gasteiger partial charge in [0.25, 0.3) is 0 Å². The van der Waals surface area contributed by atoms with Gasteiger partial charge in [0.15, 0.2) is 0 Å². The van der Waals surface area contributed by atoms with Crippen molar-refractivity contribution in [3.63, 3.8) is 0 Å². The summed E-state index contributed by atoms with van der Waals surface area (Å²) >= 11 is 0. The molecule has 0 saturated carbocycles. The van der Waals surface area contributed by atoms with Crippen molar-refractivity contribution in [2.24, 2.45) is 0 Å². The van der Waals surface area contributed by atoms with Crippen LogP contribution in [-0.4, -0.2) is 44.3 Å². The number of hydrogen-bond donors (Lipinski definition) is 2. The smallest absolute Gasteiger partial charge is 0.354 e. The van der Waals surface area contributed by atoms with Crippen molar-refractivity contribution in [3.05, 3.63) is 132 Å². The van der Waals surface area contributed by atoms with Gasteiger partial charge in [-0.05, 0) is 48.5 Å². The fourth-order valence-corrected chi connectivity index (χ4v) is 4.18. The first-order chi connectivity index (χ1) is 23.3. The molecule has 2 N–H and O–H groups in total. The number of aromatic nitrogens is 3. The van der Waals surface area contributed by atoms with Crippen molar-refractivity contribution in [1.82, 2.24) is 15.0 Å². The number of carboxylic acid groups (broad SMARTS) is 1. The van der Waals surface area contributed by atoms with Gasteiger partial charge in [0.1, 0.15) is 11.4 Å². The second-order valence-corrected chi connectivity index (χ2v) is 10.2. The van der Waals surface area contributed by atoms with Crippen LogP contribution in [0.3, 0.4) is 0 Å². The maximum atomic E-state index is 13.2. The summed E-state index contributed by atoms with van der Waals surface area (Å²) in [7, 11) is 0. The number of halogens is 4. The van der Waals surface area contributed by atoms with Crippen molar-refractivity contribution in [1.29, 1.82) is 0 Å². The molecule has 5 rings (SSSR count). The average Bonchev–Trinajstić information content (AvgIpc) is 3.09. The van der Waals surface area contributed by atoms with Crippen molar-refractivity contribution >= 4 is 5.97 Å². The van der Waals surface area contributed by atoms with E-state index in [-0.39, 0.29) is 36.9 Å². The monoisotopic (exact) mass is 854 g/mol. The molecule has 1 radical (unpaired) electrons. The summed E-state index contributed by atoms with van der Waals surface area (Å²) in [4.78, 5) is 22.3. The molecule has 0 aliphatic heterocycles. The molecule has 0 aliphatic rings. The van der Waals surface area contributed by atoms with E-state index in [1.807, 2.05) is 0 Å². The van der Waals surface area contributed by atoms with Gasteiger partial charge in [0, 0.05) is 62.4 Å². The Labute approximate surface area is 296 Å². The first-order valence-corrected chi connectivity index (χ1v) is 15.3. The predicted molar refractivity (Wildman–Crippen MR) is 173 cm³/mol. The number of ether oxygens (including phenoxy) is 1. The first kappa shape index (κ1) is 40.7. The van der Waals surface area contributed by atoms with Crippen LogP contribution < -0.4 is 4.74 Å².